The second kappa shape index (κ2) is 6.92. The highest BCUT2D eigenvalue weighted by Gasteiger charge is 2.12. The summed E-state index contributed by atoms with van der Waals surface area (Å²) in [6, 6.07) is 18.2. The quantitative estimate of drug-likeness (QED) is 0.691. The highest BCUT2D eigenvalue weighted by molar-refractivity contribution is 8.00. The van der Waals surface area contributed by atoms with Gasteiger partial charge in [-0.15, -0.1) is 11.8 Å². The number of carbonyl (C=O) groups is 1. The van der Waals surface area contributed by atoms with Crippen molar-refractivity contribution in [2.75, 3.05) is 5.75 Å². The molecule has 1 unspecified atom stereocenters. The van der Waals surface area contributed by atoms with Crippen LogP contribution in [0.4, 0.5) is 0 Å². The van der Waals surface area contributed by atoms with Crippen molar-refractivity contribution in [3.8, 4) is 0 Å². The molecule has 1 heterocycles. The lowest BCUT2D eigenvalue weighted by molar-refractivity contribution is -0.119. The number of rotatable bonds is 5. The van der Waals surface area contributed by atoms with E-state index in [9.17, 15) is 4.79 Å². The molecule has 118 valence electrons. The van der Waals surface area contributed by atoms with Crippen LogP contribution in [0.2, 0.25) is 0 Å². The number of hydrogen-bond acceptors (Lipinski definition) is 3. The average Bonchev–Trinajstić information content (AvgIpc) is 2.99. The largest absolute Gasteiger partial charge is 0.464 e. The topological polar surface area (TPSA) is 42.2 Å². The van der Waals surface area contributed by atoms with Gasteiger partial charge in [0.05, 0.1) is 11.8 Å². The van der Waals surface area contributed by atoms with Crippen LogP contribution in [0.15, 0.2) is 63.9 Å². The number of thioether (sulfide) groups is 1. The Balaban J connectivity index is 1.57. The number of fused-ring (bicyclic) bond motifs is 1. The van der Waals surface area contributed by atoms with E-state index in [2.05, 4.69) is 35.6 Å². The van der Waals surface area contributed by atoms with Crippen molar-refractivity contribution in [3.63, 3.8) is 0 Å². The molecule has 0 bridgehead atoms. The summed E-state index contributed by atoms with van der Waals surface area (Å²) in [6.45, 7) is 3.82. The third kappa shape index (κ3) is 3.96. The zero-order valence-corrected chi connectivity index (χ0v) is 14.0. The van der Waals surface area contributed by atoms with E-state index in [1.54, 1.807) is 11.8 Å². The molecule has 1 atom stereocenters. The Hall–Kier alpha value is -2.20. The molecule has 4 heteroatoms. The molecule has 1 aromatic heterocycles. The van der Waals surface area contributed by atoms with Crippen molar-refractivity contribution in [2.24, 2.45) is 0 Å². The summed E-state index contributed by atoms with van der Waals surface area (Å²) in [5, 5.41) is 5.37. The Morgan fingerprint density at radius 2 is 1.91 bits per heavy atom. The van der Waals surface area contributed by atoms with Crippen molar-refractivity contribution >= 4 is 28.4 Å². The van der Waals surface area contributed by atoms with Gasteiger partial charge in [0.2, 0.25) is 5.91 Å². The van der Waals surface area contributed by atoms with Gasteiger partial charge in [-0.1, -0.05) is 30.3 Å². The van der Waals surface area contributed by atoms with E-state index in [-0.39, 0.29) is 11.9 Å². The summed E-state index contributed by atoms with van der Waals surface area (Å²) in [4.78, 5) is 13.2. The summed E-state index contributed by atoms with van der Waals surface area (Å²) in [5.74, 6) is 2.03. The molecule has 0 aliphatic carbocycles. The van der Waals surface area contributed by atoms with Gasteiger partial charge < -0.3 is 9.73 Å². The van der Waals surface area contributed by atoms with E-state index in [1.807, 2.05) is 38.1 Å². The third-order valence-corrected chi connectivity index (χ3v) is 4.65. The van der Waals surface area contributed by atoms with E-state index >= 15 is 0 Å². The molecule has 3 nitrogen and oxygen atoms in total. The highest BCUT2D eigenvalue weighted by atomic mass is 32.2. The molecule has 3 aromatic rings. The van der Waals surface area contributed by atoms with Gasteiger partial charge in [-0.05, 0) is 48.9 Å². The van der Waals surface area contributed by atoms with Crippen LogP contribution in [0.25, 0.3) is 10.8 Å². The maximum atomic E-state index is 12.1. The summed E-state index contributed by atoms with van der Waals surface area (Å²) in [6.07, 6.45) is 0. The Morgan fingerprint density at radius 3 is 2.65 bits per heavy atom. The minimum atomic E-state index is -0.117. The van der Waals surface area contributed by atoms with Gasteiger partial charge in [0.25, 0.3) is 0 Å². The maximum Gasteiger partial charge on any atom is 0.230 e. The fraction of sp³-hybridized carbons (Fsp3) is 0.211. The lowest BCUT2D eigenvalue weighted by Crippen LogP contribution is -2.27. The average molecular weight is 325 g/mol. The molecular formula is C19H19NO2S. The molecule has 0 radical (unpaired) electrons. The zero-order valence-electron chi connectivity index (χ0n) is 13.2. The zero-order chi connectivity index (χ0) is 16.2. The molecule has 1 N–H and O–H groups in total. The number of hydrogen-bond donors (Lipinski definition) is 1. The van der Waals surface area contributed by atoms with Gasteiger partial charge in [0.1, 0.15) is 11.5 Å². The summed E-state index contributed by atoms with van der Waals surface area (Å²) < 4.78 is 5.54. The predicted molar refractivity (Wildman–Crippen MR) is 94.7 cm³/mol. The first-order valence-electron chi connectivity index (χ1n) is 7.59. The van der Waals surface area contributed by atoms with Crippen LogP contribution < -0.4 is 5.32 Å². The van der Waals surface area contributed by atoms with E-state index in [0.29, 0.717) is 5.75 Å². The standard InChI is InChI=1S/C19H19NO2S/c1-13-7-10-18(22-13)14(2)20-19(21)12-23-17-9-8-15-5-3-4-6-16(15)11-17/h3-11,14H,12H2,1-2H3,(H,20,21). The van der Waals surface area contributed by atoms with Gasteiger partial charge in [0, 0.05) is 4.90 Å². The van der Waals surface area contributed by atoms with Gasteiger partial charge in [-0.3, -0.25) is 4.79 Å². The second-order valence-corrected chi connectivity index (χ2v) is 6.58. The maximum absolute atomic E-state index is 12.1. The summed E-state index contributed by atoms with van der Waals surface area (Å²) in [5.41, 5.74) is 0. The molecular weight excluding hydrogens is 306 g/mol. The van der Waals surface area contributed by atoms with Crippen LogP contribution in [-0.2, 0) is 4.79 Å². The molecule has 0 saturated heterocycles. The van der Waals surface area contributed by atoms with Crippen LogP contribution in [0.1, 0.15) is 24.5 Å². The normalized spacial score (nSPS) is 12.3. The third-order valence-electron chi connectivity index (χ3n) is 3.66. The summed E-state index contributed by atoms with van der Waals surface area (Å²) >= 11 is 1.54. The Kier molecular flexibility index (Phi) is 4.72. The SMILES string of the molecule is Cc1ccc(C(C)NC(=O)CSc2ccc3ccccc3c2)o1. The molecule has 0 fully saturated rings. The predicted octanol–water partition coefficient (Wildman–Crippen LogP) is 4.71. The van der Waals surface area contributed by atoms with Gasteiger partial charge in [-0.2, -0.15) is 0 Å². The molecule has 0 aliphatic rings. The minimum Gasteiger partial charge on any atom is -0.464 e. The van der Waals surface area contributed by atoms with E-state index in [0.717, 1.165) is 16.4 Å². The molecule has 1 amide bonds. The first-order valence-corrected chi connectivity index (χ1v) is 8.58. The van der Waals surface area contributed by atoms with E-state index in [1.165, 1.54) is 10.8 Å². The highest BCUT2D eigenvalue weighted by Crippen LogP contribution is 2.24. The van der Waals surface area contributed by atoms with Crippen LogP contribution in [0.3, 0.4) is 0 Å². The Morgan fingerprint density at radius 1 is 1.13 bits per heavy atom. The van der Waals surface area contributed by atoms with Crippen LogP contribution >= 0.6 is 11.8 Å². The lowest BCUT2D eigenvalue weighted by Gasteiger charge is -2.11. The number of aryl methyl sites for hydroxylation is 1. The number of carbonyl (C=O) groups excluding carboxylic acids is 1. The number of furan rings is 1. The fourth-order valence-corrected chi connectivity index (χ4v) is 3.20. The van der Waals surface area contributed by atoms with Crippen molar-refractivity contribution < 1.29 is 9.21 Å². The molecule has 2 aromatic carbocycles. The van der Waals surface area contributed by atoms with Crippen molar-refractivity contribution in [2.45, 2.75) is 24.8 Å². The van der Waals surface area contributed by atoms with Crippen LogP contribution in [-0.4, -0.2) is 11.7 Å². The molecule has 23 heavy (non-hydrogen) atoms. The van der Waals surface area contributed by atoms with Gasteiger partial charge in [-0.25, -0.2) is 0 Å². The number of benzene rings is 2. The fourth-order valence-electron chi connectivity index (χ4n) is 2.45. The van der Waals surface area contributed by atoms with Crippen molar-refractivity contribution in [3.05, 3.63) is 66.1 Å². The molecule has 0 saturated carbocycles. The Labute approximate surface area is 140 Å². The smallest absolute Gasteiger partial charge is 0.230 e. The minimum absolute atomic E-state index is 0.00436. The van der Waals surface area contributed by atoms with Gasteiger partial charge in [0.15, 0.2) is 0 Å². The first-order chi connectivity index (χ1) is 11.1. The Bertz CT molecular complexity index is 825. The molecule has 0 spiro atoms. The van der Waals surface area contributed by atoms with Gasteiger partial charge >= 0.3 is 0 Å². The van der Waals surface area contributed by atoms with E-state index in [4.69, 9.17) is 4.42 Å². The molecule has 0 aliphatic heterocycles. The lowest BCUT2D eigenvalue weighted by atomic mass is 10.1. The van der Waals surface area contributed by atoms with Crippen molar-refractivity contribution in [1.29, 1.82) is 0 Å². The monoisotopic (exact) mass is 325 g/mol. The van der Waals surface area contributed by atoms with E-state index < -0.39 is 0 Å². The van der Waals surface area contributed by atoms with Crippen molar-refractivity contribution in [1.82, 2.24) is 5.32 Å². The van der Waals surface area contributed by atoms with Crippen LogP contribution in [0, 0.1) is 6.92 Å². The number of nitrogens with one attached hydrogen (secondary N) is 1. The summed E-state index contributed by atoms with van der Waals surface area (Å²) in [7, 11) is 0. The second-order valence-electron chi connectivity index (χ2n) is 5.54. The first kappa shape index (κ1) is 15.7. The van der Waals surface area contributed by atoms with Crippen LogP contribution in [0.5, 0.6) is 0 Å². The number of amides is 1. The molecule has 3 rings (SSSR count).